The molecule has 1 aliphatic carbocycles. The van der Waals surface area contributed by atoms with Gasteiger partial charge in [-0.25, -0.2) is 17.9 Å². The van der Waals surface area contributed by atoms with Crippen molar-refractivity contribution in [3.05, 3.63) is 65.7 Å². The van der Waals surface area contributed by atoms with Crippen LogP contribution in [-0.4, -0.2) is 45.4 Å². The highest BCUT2D eigenvalue weighted by Crippen LogP contribution is 2.28. The van der Waals surface area contributed by atoms with Crippen LogP contribution in [0.1, 0.15) is 41.6 Å². The van der Waals surface area contributed by atoms with Gasteiger partial charge < -0.3 is 9.64 Å². The average Bonchev–Trinajstić information content (AvgIpc) is 2.82. The Kier molecular flexibility index (Phi) is 7.81. The Bertz CT molecular complexity index is 969. The maximum absolute atomic E-state index is 12.4. The van der Waals surface area contributed by atoms with Crippen molar-refractivity contribution in [3.8, 4) is 0 Å². The van der Waals surface area contributed by atoms with Gasteiger partial charge in [0.2, 0.25) is 16.4 Å². The Balaban J connectivity index is 1.49. The van der Waals surface area contributed by atoms with Gasteiger partial charge in [0.15, 0.2) is 0 Å². The van der Waals surface area contributed by atoms with E-state index >= 15 is 0 Å². The second-order valence-electron chi connectivity index (χ2n) is 7.81. The number of esters is 1. The van der Waals surface area contributed by atoms with Gasteiger partial charge in [0.05, 0.1) is 17.6 Å². The van der Waals surface area contributed by atoms with Gasteiger partial charge >= 0.3 is 5.97 Å². The molecular weight excluding hydrogens is 416 g/mol. The number of benzene rings is 2. The molecule has 1 aliphatic rings. The predicted octanol–water partition coefficient (Wildman–Crippen LogP) is 2.97. The van der Waals surface area contributed by atoms with Crippen molar-refractivity contribution in [1.82, 2.24) is 9.62 Å². The SMILES string of the molecule is COC(=O)c1ccc(CN(C=O)C2CCC(CNS(=O)(=O)c3ccccc3)CC2)cc1. The normalized spacial score (nSPS) is 18.9. The Hall–Kier alpha value is -2.71. The largest absolute Gasteiger partial charge is 0.465 e. The minimum absolute atomic E-state index is 0.125. The summed E-state index contributed by atoms with van der Waals surface area (Å²) in [6, 6.07) is 15.5. The highest BCUT2D eigenvalue weighted by Gasteiger charge is 2.26. The maximum Gasteiger partial charge on any atom is 0.337 e. The number of hydrogen-bond acceptors (Lipinski definition) is 5. The molecule has 0 atom stereocenters. The maximum atomic E-state index is 12.4. The summed E-state index contributed by atoms with van der Waals surface area (Å²) in [5.41, 5.74) is 1.42. The summed E-state index contributed by atoms with van der Waals surface area (Å²) < 4.78 is 32.2. The van der Waals surface area contributed by atoms with Crippen LogP contribution < -0.4 is 4.72 Å². The van der Waals surface area contributed by atoms with Crippen molar-refractivity contribution < 1.29 is 22.7 Å². The lowest BCUT2D eigenvalue weighted by Gasteiger charge is -2.35. The number of methoxy groups -OCH3 is 1. The van der Waals surface area contributed by atoms with Gasteiger partial charge in [-0.05, 0) is 61.4 Å². The van der Waals surface area contributed by atoms with Gasteiger partial charge in [0, 0.05) is 19.1 Å². The molecule has 0 spiro atoms. The molecule has 3 rings (SSSR count). The lowest BCUT2D eigenvalue weighted by atomic mass is 9.85. The van der Waals surface area contributed by atoms with Gasteiger partial charge in [0.1, 0.15) is 0 Å². The number of nitrogens with zero attached hydrogens (tertiary/aromatic N) is 1. The van der Waals surface area contributed by atoms with E-state index in [4.69, 9.17) is 4.74 Å². The fourth-order valence-electron chi connectivity index (χ4n) is 3.92. The molecule has 7 nitrogen and oxygen atoms in total. The van der Waals surface area contributed by atoms with Crippen molar-refractivity contribution >= 4 is 22.4 Å². The van der Waals surface area contributed by atoms with Crippen LogP contribution in [0.15, 0.2) is 59.5 Å². The number of carbonyl (C=O) groups excluding carboxylic acids is 2. The van der Waals surface area contributed by atoms with E-state index in [1.807, 2.05) is 12.1 Å². The first-order valence-electron chi connectivity index (χ1n) is 10.4. The first kappa shape index (κ1) is 23.0. The fourth-order valence-corrected chi connectivity index (χ4v) is 5.06. The summed E-state index contributed by atoms with van der Waals surface area (Å²) in [7, 11) is -2.16. The third-order valence-electron chi connectivity index (χ3n) is 5.78. The van der Waals surface area contributed by atoms with E-state index < -0.39 is 10.0 Å². The van der Waals surface area contributed by atoms with Crippen molar-refractivity contribution in [1.29, 1.82) is 0 Å². The molecule has 2 aromatic rings. The van der Waals surface area contributed by atoms with Crippen LogP contribution in [0.25, 0.3) is 0 Å². The van der Waals surface area contributed by atoms with E-state index in [0.29, 0.717) is 18.7 Å². The Labute approximate surface area is 183 Å². The van der Waals surface area contributed by atoms with Crippen LogP contribution >= 0.6 is 0 Å². The number of sulfonamides is 1. The molecule has 0 radical (unpaired) electrons. The van der Waals surface area contributed by atoms with Crippen LogP contribution in [0.3, 0.4) is 0 Å². The quantitative estimate of drug-likeness (QED) is 0.474. The second-order valence-corrected chi connectivity index (χ2v) is 9.57. The highest BCUT2D eigenvalue weighted by molar-refractivity contribution is 7.89. The number of rotatable bonds is 9. The Morgan fingerprint density at radius 2 is 1.71 bits per heavy atom. The summed E-state index contributed by atoms with van der Waals surface area (Å²) in [5, 5.41) is 0. The molecule has 8 heteroatoms. The third-order valence-corrected chi connectivity index (χ3v) is 7.22. The minimum atomic E-state index is -3.50. The number of ether oxygens (including phenoxy) is 1. The standard InChI is InChI=1S/C23H28N2O5S/c1-30-23(27)20-11-7-19(8-12-20)16-25(17-26)21-13-9-18(10-14-21)15-24-31(28,29)22-5-3-2-4-6-22/h2-8,11-12,17-18,21,24H,9-10,13-16H2,1H3. The summed E-state index contributed by atoms with van der Waals surface area (Å²) in [5.74, 6) is -0.136. The molecule has 0 bridgehead atoms. The summed E-state index contributed by atoms with van der Waals surface area (Å²) in [4.78, 5) is 25.3. The molecular formula is C23H28N2O5S. The van der Waals surface area contributed by atoms with Gasteiger partial charge in [-0.2, -0.15) is 0 Å². The second kappa shape index (κ2) is 10.5. The molecule has 1 fully saturated rings. The van der Waals surface area contributed by atoms with E-state index in [1.165, 1.54) is 7.11 Å². The van der Waals surface area contributed by atoms with Crippen molar-refractivity contribution in [2.75, 3.05) is 13.7 Å². The lowest BCUT2D eigenvalue weighted by molar-refractivity contribution is -0.121. The van der Waals surface area contributed by atoms with Crippen molar-refractivity contribution in [2.24, 2.45) is 5.92 Å². The summed E-state index contributed by atoms with van der Waals surface area (Å²) in [6.07, 6.45) is 4.24. The van der Waals surface area contributed by atoms with Crippen molar-refractivity contribution in [2.45, 2.75) is 43.2 Å². The highest BCUT2D eigenvalue weighted by atomic mass is 32.2. The fraction of sp³-hybridized carbons (Fsp3) is 0.391. The van der Waals surface area contributed by atoms with Gasteiger partial charge in [-0.15, -0.1) is 0 Å². The van der Waals surface area contributed by atoms with E-state index in [-0.39, 0.29) is 22.8 Å². The smallest absolute Gasteiger partial charge is 0.337 e. The molecule has 31 heavy (non-hydrogen) atoms. The van der Waals surface area contributed by atoms with Crippen LogP contribution in [0.2, 0.25) is 0 Å². The average molecular weight is 445 g/mol. The molecule has 0 heterocycles. The molecule has 0 aliphatic heterocycles. The molecule has 0 aromatic heterocycles. The summed E-state index contributed by atoms with van der Waals surface area (Å²) in [6.45, 7) is 0.876. The zero-order chi connectivity index (χ0) is 22.3. The Morgan fingerprint density at radius 3 is 2.29 bits per heavy atom. The van der Waals surface area contributed by atoms with E-state index in [0.717, 1.165) is 37.7 Å². The molecule has 166 valence electrons. The summed E-state index contributed by atoms with van der Waals surface area (Å²) >= 11 is 0. The van der Waals surface area contributed by atoms with E-state index in [9.17, 15) is 18.0 Å². The van der Waals surface area contributed by atoms with Crippen molar-refractivity contribution in [3.63, 3.8) is 0 Å². The first-order chi connectivity index (χ1) is 14.9. The molecule has 1 amide bonds. The van der Waals surface area contributed by atoms with Crippen LogP contribution in [-0.2, 0) is 26.1 Å². The van der Waals surface area contributed by atoms with Gasteiger partial charge in [-0.1, -0.05) is 30.3 Å². The molecule has 2 aromatic carbocycles. The van der Waals surface area contributed by atoms with Gasteiger partial charge in [0.25, 0.3) is 0 Å². The van der Waals surface area contributed by atoms with Crippen LogP contribution in [0.5, 0.6) is 0 Å². The zero-order valence-electron chi connectivity index (χ0n) is 17.6. The van der Waals surface area contributed by atoms with Gasteiger partial charge in [-0.3, -0.25) is 4.79 Å². The van der Waals surface area contributed by atoms with E-state index in [1.54, 1.807) is 47.4 Å². The van der Waals surface area contributed by atoms with E-state index in [2.05, 4.69) is 4.72 Å². The Morgan fingerprint density at radius 1 is 1.06 bits per heavy atom. The zero-order valence-corrected chi connectivity index (χ0v) is 18.4. The molecule has 0 saturated heterocycles. The molecule has 1 saturated carbocycles. The third kappa shape index (κ3) is 6.15. The minimum Gasteiger partial charge on any atom is -0.465 e. The molecule has 1 N–H and O–H groups in total. The number of carbonyl (C=O) groups is 2. The predicted molar refractivity (Wildman–Crippen MR) is 117 cm³/mol. The topological polar surface area (TPSA) is 92.8 Å². The first-order valence-corrected chi connectivity index (χ1v) is 11.8. The monoisotopic (exact) mass is 444 g/mol. The number of amides is 1. The molecule has 0 unspecified atom stereocenters. The van der Waals surface area contributed by atoms with Crippen LogP contribution in [0.4, 0.5) is 0 Å². The van der Waals surface area contributed by atoms with Crippen LogP contribution in [0, 0.1) is 5.92 Å². The lowest BCUT2D eigenvalue weighted by Crippen LogP contribution is -2.39. The number of nitrogens with one attached hydrogen (secondary N) is 1. The number of hydrogen-bond donors (Lipinski definition) is 1.